The average Bonchev–Trinajstić information content (AvgIpc) is 3.44. The molecule has 0 aliphatic carbocycles. The van der Waals surface area contributed by atoms with Crippen LogP contribution in [0.15, 0.2) is 53.1 Å². The van der Waals surface area contributed by atoms with Crippen molar-refractivity contribution in [2.45, 2.75) is 32.9 Å². The summed E-state index contributed by atoms with van der Waals surface area (Å²) in [7, 11) is 3.76. The standard InChI is InChI=1S/C22H30N6OS.HI/c1-4-21-26-25-17-28(21)14-13-24-22(23-12-11-19-9-7-15-30-19)27(2)16-18-8-5-6-10-20(18)29-3;/h5-10,15,17H,4,11-14,16H2,1-3H3,(H,23,24);1H. The van der Waals surface area contributed by atoms with E-state index in [9.17, 15) is 0 Å². The van der Waals surface area contributed by atoms with Gasteiger partial charge in [0.15, 0.2) is 5.96 Å². The molecular weight excluding hydrogens is 523 g/mol. The highest BCUT2D eigenvalue weighted by molar-refractivity contribution is 14.0. The first-order valence-electron chi connectivity index (χ1n) is 10.2. The van der Waals surface area contributed by atoms with Gasteiger partial charge in [-0.3, -0.25) is 4.99 Å². The van der Waals surface area contributed by atoms with Crippen LogP contribution in [0.1, 0.15) is 23.2 Å². The van der Waals surface area contributed by atoms with Gasteiger partial charge in [0.25, 0.3) is 0 Å². The van der Waals surface area contributed by atoms with E-state index in [-0.39, 0.29) is 24.0 Å². The fourth-order valence-electron chi connectivity index (χ4n) is 3.23. The number of para-hydroxylation sites is 1. The number of rotatable bonds is 10. The molecule has 0 unspecified atom stereocenters. The van der Waals surface area contributed by atoms with E-state index in [1.54, 1.807) is 24.8 Å². The first kappa shape index (κ1) is 25.1. The molecule has 0 aliphatic rings. The number of hydrogen-bond donors (Lipinski definition) is 1. The number of aliphatic imine (C=N–C) groups is 1. The van der Waals surface area contributed by atoms with Crippen LogP contribution < -0.4 is 10.1 Å². The Kier molecular flexibility index (Phi) is 10.8. The summed E-state index contributed by atoms with van der Waals surface area (Å²) < 4.78 is 7.59. The number of aryl methyl sites for hydroxylation is 1. The van der Waals surface area contributed by atoms with Crippen LogP contribution in [0.25, 0.3) is 0 Å². The van der Waals surface area contributed by atoms with Crippen molar-refractivity contribution in [1.82, 2.24) is 25.0 Å². The predicted octanol–water partition coefficient (Wildman–Crippen LogP) is 3.85. The molecule has 0 saturated carbocycles. The third kappa shape index (κ3) is 7.49. The molecule has 9 heteroatoms. The topological polar surface area (TPSA) is 67.6 Å². The minimum absolute atomic E-state index is 0. The summed E-state index contributed by atoms with van der Waals surface area (Å²) in [5, 5.41) is 13.8. The van der Waals surface area contributed by atoms with E-state index in [1.807, 2.05) is 18.2 Å². The number of halogens is 1. The van der Waals surface area contributed by atoms with Crippen molar-refractivity contribution in [1.29, 1.82) is 0 Å². The lowest BCUT2D eigenvalue weighted by atomic mass is 10.2. The zero-order valence-electron chi connectivity index (χ0n) is 18.3. The molecule has 0 fully saturated rings. The Labute approximate surface area is 205 Å². The molecule has 0 atom stereocenters. The molecule has 1 aromatic carbocycles. The number of benzene rings is 1. The monoisotopic (exact) mass is 554 g/mol. The third-order valence-electron chi connectivity index (χ3n) is 4.81. The Morgan fingerprint density at radius 1 is 1.26 bits per heavy atom. The summed E-state index contributed by atoms with van der Waals surface area (Å²) in [5.41, 5.74) is 1.13. The highest BCUT2D eigenvalue weighted by Crippen LogP contribution is 2.18. The normalized spacial score (nSPS) is 11.1. The first-order valence-corrected chi connectivity index (χ1v) is 11.1. The fraction of sp³-hybridized carbons (Fsp3) is 0.409. The highest BCUT2D eigenvalue weighted by Gasteiger charge is 2.11. The molecule has 168 valence electrons. The Morgan fingerprint density at radius 3 is 2.84 bits per heavy atom. The van der Waals surface area contributed by atoms with Gasteiger partial charge in [0, 0.05) is 56.5 Å². The Morgan fingerprint density at radius 2 is 2.10 bits per heavy atom. The zero-order chi connectivity index (χ0) is 21.2. The van der Waals surface area contributed by atoms with E-state index in [0.29, 0.717) is 6.54 Å². The van der Waals surface area contributed by atoms with Gasteiger partial charge in [-0.15, -0.1) is 45.5 Å². The Bertz CT molecular complexity index is 928. The predicted molar refractivity (Wildman–Crippen MR) is 138 cm³/mol. The minimum atomic E-state index is 0. The molecule has 0 spiro atoms. The van der Waals surface area contributed by atoms with Gasteiger partial charge in [0.1, 0.15) is 17.9 Å². The SMILES string of the molecule is CCc1nncn1CCNC(=NCCc1cccs1)N(C)Cc1ccccc1OC.I. The largest absolute Gasteiger partial charge is 0.496 e. The Hall–Kier alpha value is -2.14. The third-order valence-corrected chi connectivity index (χ3v) is 5.75. The van der Waals surface area contributed by atoms with Gasteiger partial charge in [0.05, 0.1) is 7.11 Å². The van der Waals surface area contributed by atoms with E-state index in [0.717, 1.165) is 55.6 Å². The number of hydrogen-bond acceptors (Lipinski definition) is 5. The maximum Gasteiger partial charge on any atom is 0.194 e. The van der Waals surface area contributed by atoms with Crippen LogP contribution in [0.5, 0.6) is 5.75 Å². The summed E-state index contributed by atoms with van der Waals surface area (Å²) in [4.78, 5) is 8.36. The van der Waals surface area contributed by atoms with Gasteiger partial charge in [-0.2, -0.15) is 0 Å². The molecule has 31 heavy (non-hydrogen) atoms. The maximum absolute atomic E-state index is 5.51. The molecule has 3 aromatic rings. The minimum Gasteiger partial charge on any atom is -0.496 e. The molecular formula is C22H31IN6OS. The molecule has 2 aromatic heterocycles. The van der Waals surface area contributed by atoms with Gasteiger partial charge in [-0.05, 0) is 17.5 Å². The van der Waals surface area contributed by atoms with E-state index < -0.39 is 0 Å². The molecule has 2 heterocycles. The van der Waals surface area contributed by atoms with E-state index >= 15 is 0 Å². The summed E-state index contributed by atoms with van der Waals surface area (Å²) in [6, 6.07) is 12.3. The van der Waals surface area contributed by atoms with Gasteiger partial charge >= 0.3 is 0 Å². The van der Waals surface area contributed by atoms with Crippen LogP contribution in [-0.2, 0) is 25.9 Å². The van der Waals surface area contributed by atoms with E-state index in [2.05, 4.69) is 62.5 Å². The quantitative estimate of drug-likeness (QED) is 0.234. The molecule has 0 bridgehead atoms. The van der Waals surface area contributed by atoms with Crippen LogP contribution in [0, 0.1) is 0 Å². The molecule has 0 aliphatic heterocycles. The summed E-state index contributed by atoms with van der Waals surface area (Å²) in [6.07, 6.45) is 3.60. The first-order chi connectivity index (χ1) is 14.7. The maximum atomic E-state index is 5.51. The summed E-state index contributed by atoms with van der Waals surface area (Å²) in [6.45, 7) is 5.09. The van der Waals surface area contributed by atoms with Crippen LogP contribution >= 0.6 is 35.3 Å². The molecule has 0 saturated heterocycles. The van der Waals surface area contributed by atoms with Gasteiger partial charge < -0.3 is 19.5 Å². The highest BCUT2D eigenvalue weighted by atomic mass is 127. The van der Waals surface area contributed by atoms with Gasteiger partial charge in [0.2, 0.25) is 0 Å². The number of aromatic nitrogens is 3. The lowest BCUT2D eigenvalue weighted by Gasteiger charge is -2.23. The molecule has 0 radical (unpaired) electrons. The van der Waals surface area contributed by atoms with Crippen molar-refractivity contribution in [3.05, 3.63) is 64.4 Å². The van der Waals surface area contributed by atoms with Crippen molar-refractivity contribution < 1.29 is 4.74 Å². The second-order valence-corrected chi connectivity index (χ2v) is 7.96. The zero-order valence-corrected chi connectivity index (χ0v) is 21.5. The second-order valence-electron chi connectivity index (χ2n) is 6.92. The van der Waals surface area contributed by atoms with Gasteiger partial charge in [-0.1, -0.05) is 31.2 Å². The van der Waals surface area contributed by atoms with E-state index in [1.165, 1.54) is 4.88 Å². The Balaban J connectivity index is 0.00000341. The van der Waals surface area contributed by atoms with Crippen molar-refractivity contribution in [3.63, 3.8) is 0 Å². The lowest BCUT2D eigenvalue weighted by molar-refractivity contribution is 0.395. The smallest absolute Gasteiger partial charge is 0.194 e. The molecule has 1 N–H and O–H groups in total. The van der Waals surface area contributed by atoms with E-state index in [4.69, 9.17) is 9.73 Å². The van der Waals surface area contributed by atoms with Gasteiger partial charge in [-0.25, -0.2) is 0 Å². The molecule has 7 nitrogen and oxygen atoms in total. The van der Waals surface area contributed by atoms with Crippen LogP contribution in [-0.4, -0.2) is 52.9 Å². The van der Waals surface area contributed by atoms with Crippen molar-refractivity contribution in [2.24, 2.45) is 4.99 Å². The molecule has 3 rings (SSSR count). The van der Waals surface area contributed by atoms with Crippen molar-refractivity contribution in [3.8, 4) is 5.75 Å². The average molecular weight is 555 g/mol. The second kappa shape index (κ2) is 13.3. The van der Waals surface area contributed by atoms with Crippen molar-refractivity contribution in [2.75, 3.05) is 27.2 Å². The number of guanidine groups is 1. The summed E-state index contributed by atoms with van der Waals surface area (Å²) >= 11 is 1.77. The number of ether oxygens (including phenoxy) is 1. The fourth-order valence-corrected chi connectivity index (χ4v) is 3.93. The van der Waals surface area contributed by atoms with Crippen molar-refractivity contribution >= 4 is 41.3 Å². The molecule has 0 amide bonds. The summed E-state index contributed by atoms with van der Waals surface area (Å²) in [5.74, 6) is 2.76. The number of thiophene rings is 1. The van der Waals surface area contributed by atoms with Crippen LogP contribution in [0.4, 0.5) is 0 Å². The van der Waals surface area contributed by atoms with Crippen LogP contribution in [0.2, 0.25) is 0 Å². The number of nitrogens with zero attached hydrogens (tertiary/aromatic N) is 5. The number of nitrogens with one attached hydrogen (secondary N) is 1. The van der Waals surface area contributed by atoms with Crippen LogP contribution in [0.3, 0.4) is 0 Å². The lowest BCUT2D eigenvalue weighted by Crippen LogP contribution is -2.40. The number of methoxy groups -OCH3 is 1.